The summed E-state index contributed by atoms with van der Waals surface area (Å²) in [6.07, 6.45) is -3.18. The Morgan fingerprint density at radius 3 is 2.37 bits per heavy atom. The molecule has 0 fully saturated rings. The second-order valence-electron chi connectivity index (χ2n) is 5.95. The normalized spacial score (nSPS) is 12.7. The van der Waals surface area contributed by atoms with Crippen LogP contribution in [-0.2, 0) is 16.2 Å². The van der Waals surface area contributed by atoms with Crippen LogP contribution >= 0.6 is 11.6 Å². The summed E-state index contributed by atoms with van der Waals surface area (Å²) in [5, 5.41) is 19.6. The first-order chi connectivity index (χ1) is 13.8. The van der Waals surface area contributed by atoms with Crippen LogP contribution in [0.15, 0.2) is 46.3 Å². The van der Waals surface area contributed by atoms with Gasteiger partial charge in [-0.15, -0.1) is 0 Å². The maximum absolute atomic E-state index is 13.2. The van der Waals surface area contributed by atoms with E-state index in [1.54, 1.807) is 6.19 Å². The Morgan fingerprint density at radius 1 is 1.23 bits per heavy atom. The van der Waals surface area contributed by atoms with Crippen molar-refractivity contribution in [2.75, 3.05) is 19.0 Å². The van der Waals surface area contributed by atoms with Crippen molar-refractivity contribution in [2.45, 2.75) is 11.1 Å². The number of nitrogens with two attached hydrogens (primary N) is 1. The molecule has 0 atom stereocenters. The number of aliphatic imine (C=N–C) groups is 1. The van der Waals surface area contributed by atoms with Gasteiger partial charge in [0.15, 0.2) is 11.9 Å². The number of phenolic OH excluding ortho intramolecular Hbond substituents is 1. The van der Waals surface area contributed by atoms with Crippen molar-refractivity contribution >= 4 is 39.0 Å². The smallest absolute Gasteiger partial charge is 0.418 e. The predicted octanol–water partition coefficient (Wildman–Crippen LogP) is 3.25. The summed E-state index contributed by atoms with van der Waals surface area (Å²) in [7, 11) is -1.83. The minimum absolute atomic E-state index is 0.333. The van der Waals surface area contributed by atoms with Crippen LogP contribution in [0.3, 0.4) is 0 Å². The van der Waals surface area contributed by atoms with Gasteiger partial charge in [-0.1, -0.05) is 23.7 Å². The minimum Gasteiger partial charge on any atom is -0.504 e. The molecule has 30 heavy (non-hydrogen) atoms. The molecular formula is C17H15ClF3N5O3S. The Labute approximate surface area is 175 Å². The number of phenols is 1. The number of benzene rings is 2. The number of hydrogen-bond donors (Lipinski definition) is 2. The van der Waals surface area contributed by atoms with E-state index in [0.717, 1.165) is 34.6 Å². The zero-order valence-corrected chi connectivity index (χ0v) is 17.1. The van der Waals surface area contributed by atoms with Crippen LogP contribution in [0.25, 0.3) is 0 Å². The van der Waals surface area contributed by atoms with Gasteiger partial charge in [-0.05, 0) is 24.3 Å². The summed E-state index contributed by atoms with van der Waals surface area (Å²) in [5.41, 5.74) is 3.61. The van der Waals surface area contributed by atoms with Crippen molar-refractivity contribution in [1.82, 2.24) is 4.31 Å². The average molecular weight is 462 g/mol. The molecule has 0 spiro atoms. The van der Waals surface area contributed by atoms with Crippen molar-refractivity contribution < 1.29 is 26.7 Å². The van der Waals surface area contributed by atoms with E-state index >= 15 is 0 Å². The summed E-state index contributed by atoms with van der Waals surface area (Å²) < 4.78 is 65.2. The van der Waals surface area contributed by atoms with Gasteiger partial charge >= 0.3 is 6.18 Å². The highest BCUT2D eigenvalue weighted by Crippen LogP contribution is 2.40. The van der Waals surface area contributed by atoms with Gasteiger partial charge in [0.2, 0.25) is 16.0 Å². The summed E-state index contributed by atoms with van der Waals surface area (Å²) in [6.45, 7) is 0. The fraction of sp³-hybridized carbons (Fsp3) is 0.176. The van der Waals surface area contributed by atoms with Gasteiger partial charge in [0.1, 0.15) is 10.6 Å². The third-order valence-corrected chi connectivity index (χ3v) is 6.13. The Balaban J connectivity index is 2.66. The first-order valence-electron chi connectivity index (χ1n) is 7.96. The topological polar surface area (TPSA) is 123 Å². The Hall–Kier alpha value is -3.01. The number of aromatic hydroxyl groups is 1. The van der Waals surface area contributed by atoms with Crippen molar-refractivity contribution in [1.29, 1.82) is 5.26 Å². The standard InChI is InChI=1S/C17H15ClF3N5O3S/c1-25(2)30(28,29)15-11(18)7-8-13(14(15)27)26(9-22)16(23)24-12-6-4-3-5-10(12)17(19,20)21/h3-8,27H,1-2H3,(H2,23,24). The van der Waals surface area contributed by atoms with Gasteiger partial charge in [0.05, 0.1) is 16.3 Å². The zero-order valence-electron chi connectivity index (χ0n) is 15.5. The SMILES string of the molecule is CN(C)S(=O)(=O)c1c(Cl)ccc(N(C#N)C(N)=Nc2ccccc2C(F)(F)F)c1O. The van der Waals surface area contributed by atoms with Gasteiger partial charge in [0, 0.05) is 14.1 Å². The van der Waals surface area contributed by atoms with E-state index in [-0.39, 0.29) is 5.02 Å². The van der Waals surface area contributed by atoms with E-state index in [4.69, 9.17) is 17.3 Å². The Bertz CT molecular complexity index is 1140. The summed E-state index contributed by atoms with van der Waals surface area (Å²) in [6, 6.07) is 6.43. The number of para-hydroxylation sites is 1. The molecule has 2 aromatic rings. The predicted molar refractivity (Wildman–Crippen MR) is 105 cm³/mol. The molecule has 13 heteroatoms. The van der Waals surface area contributed by atoms with Crippen LogP contribution in [0.1, 0.15) is 5.56 Å². The number of anilines is 1. The molecular weight excluding hydrogens is 447 g/mol. The van der Waals surface area contributed by atoms with E-state index in [2.05, 4.69) is 4.99 Å². The number of sulfonamides is 1. The third kappa shape index (κ3) is 4.43. The maximum atomic E-state index is 13.2. The maximum Gasteiger partial charge on any atom is 0.418 e. The number of nitriles is 1. The van der Waals surface area contributed by atoms with Gasteiger partial charge in [0.25, 0.3) is 0 Å². The van der Waals surface area contributed by atoms with Gasteiger partial charge in [-0.3, -0.25) is 0 Å². The van der Waals surface area contributed by atoms with Crippen molar-refractivity contribution in [3.8, 4) is 11.9 Å². The molecule has 0 heterocycles. The lowest BCUT2D eigenvalue weighted by atomic mass is 10.2. The monoisotopic (exact) mass is 461 g/mol. The van der Waals surface area contributed by atoms with E-state index in [9.17, 15) is 32.0 Å². The molecule has 0 aliphatic heterocycles. The molecule has 0 radical (unpaired) electrons. The first-order valence-corrected chi connectivity index (χ1v) is 9.78. The van der Waals surface area contributed by atoms with Crippen LogP contribution < -0.4 is 10.6 Å². The molecule has 0 aliphatic carbocycles. The molecule has 2 rings (SSSR count). The summed E-state index contributed by atoms with van der Waals surface area (Å²) in [4.78, 5) is 3.42. The van der Waals surface area contributed by atoms with E-state index in [1.807, 2.05) is 0 Å². The third-order valence-electron chi connectivity index (χ3n) is 3.82. The Morgan fingerprint density at radius 2 is 1.83 bits per heavy atom. The highest BCUT2D eigenvalue weighted by molar-refractivity contribution is 7.89. The molecule has 0 bridgehead atoms. The molecule has 0 aliphatic rings. The van der Waals surface area contributed by atoms with Crippen LogP contribution in [0.5, 0.6) is 5.75 Å². The molecule has 0 unspecified atom stereocenters. The molecule has 2 aromatic carbocycles. The van der Waals surface area contributed by atoms with Crippen LogP contribution in [0.2, 0.25) is 5.02 Å². The zero-order chi connectivity index (χ0) is 22.9. The second-order valence-corrected chi connectivity index (χ2v) is 8.45. The highest BCUT2D eigenvalue weighted by atomic mass is 35.5. The van der Waals surface area contributed by atoms with Gasteiger partial charge < -0.3 is 10.8 Å². The second kappa shape index (κ2) is 8.39. The average Bonchev–Trinajstić information content (AvgIpc) is 2.63. The molecule has 160 valence electrons. The van der Waals surface area contributed by atoms with Crippen molar-refractivity contribution in [3.05, 3.63) is 47.0 Å². The van der Waals surface area contributed by atoms with Gasteiger partial charge in [-0.2, -0.15) is 18.4 Å². The molecule has 0 saturated carbocycles. The lowest BCUT2D eigenvalue weighted by Crippen LogP contribution is -2.33. The van der Waals surface area contributed by atoms with Gasteiger partial charge in [-0.25, -0.2) is 22.6 Å². The summed E-state index contributed by atoms with van der Waals surface area (Å²) in [5.74, 6) is -1.65. The number of guanidine groups is 1. The van der Waals surface area contributed by atoms with Crippen LogP contribution in [0, 0.1) is 11.5 Å². The minimum atomic E-state index is -4.73. The number of alkyl halides is 3. The summed E-state index contributed by atoms with van der Waals surface area (Å²) >= 11 is 5.90. The first kappa shape index (κ1) is 23.3. The van der Waals surface area contributed by atoms with E-state index < -0.39 is 49.7 Å². The molecule has 0 saturated heterocycles. The van der Waals surface area contributed by atoms with Crippen molar-refractivity contribution in [2.24, 2.45) is 10.7 Å². The number of hydrogen-bond acceptors (Lipinski definition) is 5. The lowest BCUT2D eigenvalue weighted by Gasteiger charge is -2.20. The molecule has 8 nitrogen and oxygen atoms in total. The fourth-order valence-electron chi connectivity index (χ4n) is 2.36. The van der Waals surface area contributed by atoms with Crippen molar-refractivity contribution in [3.63, 3.8) is 0 Å². The van der Waals surface area contributed by atoms with Crippen LogP contribution in [-0.4, -0.2) is 37.9 Å². The number of nitrogens with zero attached hydrogens (tertiary/aromatic N) is 4. The van der Waals surface area contributed by atoms with E-state index in [0.29, 0.717) is 4.90 Å². The molecule has 3 N–H and O–H groups in total. The number of rotatable bonds is 4. The largest absolute Gasteiger partial charge is 0.504 e. The Kier molecular flexibility index (Phi) is 6.51. The lowest BCUT2D eigenvalue weighted by molar-refractivity contribution is -0.137. The quantitative estimate of drug-likeness (QED) is 0.312. The number of halogens is 4. The molecule has 0 amide bonds. The fourth-order valence-corrected chi connectivity index (χ4v) is 3.83. The van der Waals surface area contributed by atoms with E-state index in [1.165, 1.54) is 20.2 Å². The molecule has 0 aromatic heterocycles. The highest BCUT2D eigenvalue weighted by Gasteiger charge is 2.34. The van der Waals surface area contributed by atoms with Crippen LogP contribution in [0.4, 0.5) is 24.5 Å².